The second-order valence-corrected chi connectivity index (χ2v) is 7.62. The standard InChI is InChI=1S/C19H21N3O2/c1-12-8-13-9-16(12)19-10-20(11-21(13)19)17-6-7-18(22(23)24)15-5-3-2-4-14(15)17/h2-7,12-13,16,19H,8-11H2,1H3. The maximum Gasteiger partial charge on any atom is 0.277 e. The number of hydrogen-bond acceptors (Lipinski definition) is 4. The molecule has 1 aliphatic carbocycles. The summed E-state index contributed by atoms with van der Waals surface area (Å²) in [4.78, 5) is 16.1. The van der Waals surface area contributed by atoms with Gasteiger partial charge in [0.05, 0.1) is 17.0 Å². The Balaban J connectivity index is 1.55. The number of rotatable bonds is 2. The van der Waals surface area contributed by atoms with Crippen LogP contribution in [-0.4, -0.2) is 35.1 Å². The van der Waals surface area contributed by atoms with Crippen LogP contribution in [0.25, 0.3) is 10.8 Å². The van der Waals surface area contributed by atoms with Crippen molar-refractivity contribution in [2.24, 2.45) is 11.8 Å². The van der Waals surface area contributed by atoms with E-state index in [9.17, 15) is 10.1 Å². The summed E-state index contributed by atoms with van der Waals surface area (Å²) in [5.74, 6) is 1.66. The number of nitrogens with zero attached hydrogens (tertiary/aromatic N) is 3. The summed E-state index contributed by atoms with van der Waals surface area (Å²) in [7, 11) is 0. The van der Waals surface area contributed by atoms with E-state index < -0.39 is 0 Å². The maximum absolute atomic E-state index is 11.3. The summed E-state index contributed by atoms with van der Waals surface area (Å²) >= 11 is 0. The second-order valence-electron chi connectivity index (χ2n) is 7.62. The Morgan fingerprint density at radius 3 is 2.71 bits per heavy atom. The Kier molecular flexibility index (Phi) is 2.92. The highest BCUT2D eigenvalue weighted by Gasteiger charge is 2.53. The van der Waals surface area contributed by atoms with Gasteiger partial charge in [0.25, 0.3) is 5.69 Å². The fourth-order valence-corrected chi connectivity index (χ4v) is 5.39. The van der Waals surface area contributed by atoms with Crippen LogP contribution in [0.2, 0.25) is 0 Å². The molecule has 0 N–H and O–H groups in total. The SMILES string of the molecule is CC1CC2CC1C1CN(c3ccc([N+](=O)[O-])c4ccccc34)CN21. The molecule has 2 aromatic carbocycles. The molecule has 4 unspecified atom stereocenters. The van der Waals surface area contributed by atoms with Crippen molar-refractivity contribution < 1.29 is 4.92 Å². The fourth-order valence-electron chi connectivity index (χ4n) is 5.39. The van der Waals surface area contributed by atoms with Crippen molar-refractivity contribution in [3.05, 3.63) is 46.5 Å². The smallest absolute Gasteiger partial charge is 0.277 e. The Morgan fingerprint density at radius 1 is 1.12 bits per heavy atom. The Hall–Kier alpha value is -2.14. The zero-order valence-corrected chi connectivity index (χ0v) is 13.8. The summed E-state index contributed by atoms with van der Waals surface area (Å²) in [5, 5.41) is 13.1. The van der Waals surface area contributed by atoms with E-state index in [1.165, 1.54) is 12.8 Å². The third kappa shape index (κ3) is 1.85. The summed E-state index contributed by atoms with van der Waals surface area (Å²) < 4.78 is 0. The van der Waals surface area contributed by atoms with Crippen LogP contribution < -0.4 is 4.90 Å². The van der Waals surface area contributed by atoms with E-state index in [0.29, 0.717) is 6.04 Å². The van der Waals surface area contributed by atoms with Crippen LogP contribution in [0.3, 0.4) is 0 Å². The minimum atomic E-state index is -0.282. The molecule has 1 saturated carbocycles. The van der Waals surface area contributed by atoms with Gasteiger partial charge in [0, 0.05) is 35.8 Å². The van der Waals surface area contributed by atoms with Gasteiger partial charge in [0.15, 0.2) is 0 Å². The van der Waals surface area contributed by atoms with Gasteiger partial charge in [-0.15, -0.1) is 0 Å². The molecule has 2 bridgehead atoms. The predicted molar refractivity (Wildman–Crippen MR) is 94.1 cm³/mol. The molecule has 24 heavy (non-hydrogen) atoms. The fraction of sp³-hybridized carbons (Fsp3) is 0.474. The van der Waals surface area contributed by atoms with E-state index in [-0.39, 0.29) is 10.6 Å². The Labute approximate surface area is 141 Å². The number of piperidine rings is 1. The molecular weight excluding hydrogens is 302 g/mol. The zero-order chi connectivity index (χ0) is 16.4. The Bertz CT molecular complexity index is 836. The van der Waals surface area contributed by atoms with Gasteiger partial charge in [-0.05, 0) is 36.8 Å². The van der Waals surface area contributed by atoms with Gasteiger partial charge in [0.2, 0.25) is 0 Å². The van der Waals surface area contributed by atoms with E-state index in [4.69, 9.17) is 0 Å². The van der Waals surface area contributed by atoms with E-state index in [1.807, 2.05) is 30.3 Å². The zero-order valence-electron chi connectivity index (χ0n) is 13.8. The average Bonchev–Trinajstić information content (AvgIpc) is 3.24. The number of fused-ring (bicyclic) bond motifs is 6. The lowest BCUT2D eigenvalue weighted by Crippen LogP contribution is -2.39. The molecule has 124 valence electrons. The van der Waals surface area contributed by atoms with Crippen molar-refractivity contribution in [1.82, 2.24) is 4.90 Å². The van der Waals surface area contributed by atoms with Crippen LogP contribution in [0.4, 0.5) is 11.4 Å². The largest absolute Gasteiger partial charge is 0.356 e. The molecule has 5 heteroatoms. The molecule has 0 spiro atoms. The van der Waals surface area contributed by atoms with Gasteiger partial charge in [-0.1, -0.05) is 25.1 Å². The molecule has 5 nitrogen and oxygen atoms in total. The molecule has 2 aliphatic heterocycles. The second kappa shape index (κ2) is 4.93. The molecular formula is C19H21N3O2. The van der Waals surface area contributed by atoms with Gasteiger partial charge in [-0.3, -0.25) is 15.0 Å². The summed E-state index contributed by atoms with van der Waals surface area (Å²) in [6.07, 6.45) is 2.69. The first-order valence-electron chi connectivity index (χ1n) is 8.80. The van der Waals surface area contributed by atoms with Gasteiger partial charge in [-0.2, -0.15) is 0 Å². The molecule has 3 fully saturated rings. The molecule has 2 saturated heterocycles. The highest BCUT2D eigenvalue weighted by molar-refractivity contribution is 6.00. The third-order valence-electron chi connectivity index (χ3n) is 6.47. The monoisotopic (exact) mass is 323 g/mol. The number of nitro groups is 1. The minimum Gasteiger partial charge on any atom is -0.356 e. The van der Waals surface area contributed by atoms with Crippen molar-refractivity contribution >= 4 is 22.1 Å². The van der Waals surface area contributed by atoms with Crippen LogP contribution in [0.15, 0.2) is 36.4 Å². The van der Waals surface area contributed by atoms with Crippen LogP contribution in [0.1, 0.15) is 19.8 Å². The first kappa shape index (κ1) is 14.2. The number of nitro benzene ring substituents is 1. The maximum atomic E-state index is 11.3. The van der Waals surface area contributed by atoms with Gasteiger partial charge in [-0.25, -0.2) is 0 Å². The van der Waals surface area contributed by atoms with E-state index >= 15 is 0 Å². The van der Waals surface area contributed by atoms with Crippen LogP contribution in [0.5, 0.6) is 0 Å². The van der Waals surface area contributed by atoms with Crippen LogP contribution in [0, 0.1) is 22.0 Å². The number of anilines is 1. The van der Waals surface area contributed by atoms with Crippen LogP contribution in [-0.2, 0) is 0 Å². The van der Waals surface area contributed by atoms with Crippen LogP contribution >= 0.6 is 0 Å². The van der Waals surface area contributed by atoms with E-state index in [2.05, 4.69) is 16.7 Å². The van der Waals surface area contributed by atoms with Crippen molar-refractivity contribution in [2.75, 3.05) is 18.1 Å². The molecule has 5 rings (SSSR count). The first-order valence-corrected chi connectivity index (χ1v) is 8.80. The lowest BCUT2D eigenvalue weighted by atomic mass is 9.90. The average molecular weight is 323 g/mol. The third-order valence-corrected chi connectivity index (χ3v) is 6.47. The quantitative estimate of drug-likeness (QED) is 0.625. The summed E-state index contributed by atoms with van der Waals surface area (Å²) in [6.45, 7) is 4.40. The predicted octanol–water partition coefficient (Wildman–Crippen LogP) is 3.62. The number of hydrogen-bond donors (Lipinski definition) is 0. The van der Waals surface area contributed by atoms with Crippen molar-refractivity contribution in [2.45, 2.75) is 31.8 Å². The van der Waals surface area contributed by atoms with E-state index in [1.54, 1.807) is 6.07 Å². The molecule has 0 amide bonds. The molecule has 4 atom stereocenters. The Morgan fingerprint density at radius 2 is 1.92 bits per heavy atom. The first-order chi connectivity index (χ1) is 11.6. The molecule has 2 heterocycles. The van der Waals surface area contributed by atoms with Crippen molar-refractivity contribution in [3.63, 3.8) is 0 Å². The van der Waals surface area contributed by atoms with E-state index in [0.717, 1.165) is 47.6 Å². The minimum absolute atomic E-state index is 0.197. The highest BCUT2D eigenvalue weighted by Crippen LogP contribution is 2.49. The lowest BCUT2D eigenvalue weighted by molar-refractivity contribution is -0.383. The van der Waals surface area contributed by atoms with Gasteiger partial charge >= 0.3 is 0 Å². The topological polar surface area (TPSA) is 49.6 Å². The van der Waals surface area contributed by atoms with Crippen molar-refractivity contribution in [3.8, 4) is 0 Å². The lowest BCUT2D eigenvalue weighted by Gasteiger charge is -2.31. The molecule has 3 aliphatic rings. The number of benzene rings is 2. The van der Waals surface area contributed by atoms with Gasteiger partial charge < -0.3 is 4.90 Å². The molecule has 2 aromatic rings. The number of non-ortho nitro benzene ring substituents is 1. The van der Waals surface area contributed by atoms with Gasteiger partial charge in [0.1, 0.15) is 0 Å². The molecule has 0 aromatic heterocycles. The highest BCUT2D eigenvalue weighted by atomic mass is 16.6. The van der Waals surface area contributed by atoms with Crippen molar-refractivity contribution in [1.29, 1.82) is 0 Å². The molecule has 0 radical (unpaired) electrons. The summed E-state index contributed by atoms with van der Waals surface area (Å²) in [6, 6.07) is 12.7. The summed E-state index contributed by atoms with van der Waals surface area (Å²) in [5.41, 5.74) is 1.33. The normalized spacial score (nSPS) is 31.8.